The molecule has 0 unspecified atom stereocenters. The molecule has 0 bridgehead atoms. The average molecular weight is 382 g/mol. The number of methoxy groups -OCH3 is 1. The van der Waals surface area contributed by atoms with E-state index in [2.05, 4.69) is 10.2 Å². The normalized spacial score (nSPS) is 19.7. The molecule has 1 N–H and O–H groups in total. The Kier molecular flexibility index (Phi) is 5.96. The number of rotatable bonds is 5. The summed E-state index contributed by atoms with van der Waals surface area (Å²) in [7, 11) is 1.36. The first-order chi connectivity index (χ1) is 12.5. The number of piperidine rings is 1. The van der Waals surface area contributed by atoms with Gasteiger partial charge in [-0.2, -0.15) is 0 Å². The standard InChI is InChI=1S/C18H26N2O5S/c1-4-13-12(2)26-16(15(13)17(22)23-3)19-14(21)11-20-7-5-18(6-8-20)24-9-10-25-18/h4-11H2,1-3H3,(H,19,21). The lowest BCUT2D eigenvalue weighted by Crippen LogP contribution is -2.47. The molecule has 1 spiro atoms. The molecule has 26 heavy (non-hydrogen) atoms. The fourth-order valence-electron chi connectivity index (χ4n) is 3.62. The van der Waals surface area contributed by atoms with Crippen LogP contribution in [0.1, 0.15) is 40.6 Å². The van der Waals surface area contributed by atoms with Crippen LogP contribution in [0.15, 0.2) is 0 Å². The van der Waals surface area contributed by atoms with E-state index >= 15 is 0 Å². The highest BCUT2D eigenvalue weighted by Crippen LogP contribution is 2.34. The summed E-state index contributed by atoms with van der Waals surface area (Å²) in [5.41, 5.74) is 1.42. The van der Waals surface area contributed by atoms with Crippen molar-refractivity contribution < 1.29 is 23.8 Å². The van der Waals surface area contributed by atoms with Gasteiger partial charge in [0.1, 0.15) is 5.00 Å². The van der Waals surface area contributed by atoms with Crippen LogP contribution >= 0.6 is 11.3 Å². The maximum Gasteiger partial charge on any atom is 0.341 e. The van der Waals surface area contributed by atoms with Crippen molar-refractivity contribution in [1.29, 1.82) is 0 Å². The summed E-state index contributed by atoms with van der Waals surface area (Å²) < 4.78 is 16.3. The number of nitrogens with zero attached hydrogens (tertiary/aromatic N) is 1. The molecule has 1 aromatic heterocycles. The van der Waals surface area contributed by atoms with Gasteiger partial charge in [0, 0.05) is 30.8 Å². The van der Waals surface area contributed by atoms with Crippen molar-refractivity contribution in [3.63, 3.8) is 0 Å². The number of aryl methyl sites for hydroxylation is 1. The molecule has 1 aromatic rings. The average Bonchev–Trinajstić information content (AvgIpc) is 3.20. The number of thiophene rings is 1. The lowest BCUT2D eigenvalue weighted by Gasteiger charge is -2.37. The SMILES string of the molecule is CCc1c(C)sc(NC(=O)CN2CCC3(CC2)OCCO3)c1C(=O)OC. The molecule has 0 atom stereocenters. The highest BCUT2D eigenvalue weighted by molar-refractivity contribution is 7.16. The van der Waals surface area contributed by atoms with Crippen LogP contribution in [0.25, 0.3) is 0 Å². The topological polar surface area (TPSA) is 77.1 Å². The Balaban J connectivity index is 1.61. The second-order valence-corrected chi connectivity index (χ2v) is 7.84. The second kappa shape index (κ2) is 8.04. The van der Waals surface area contributed by atoms with Gasteiger partial charge in [-0.05, 0) is 18.9 Å². The van der Waals surface area contributed by atoms with Crippen molar-refractivity contribution in [3.8, 4) is 0 Å². The van der Waals surface area contributed by atoms with E-state index in [1.165, 1.54) is 18.4 Å². The van der Waals surface area contributed by atoms with Crippen LogP contribution in [0.2, 0.25) is 0 Å². The van der Waals surface area contributed by atoms with Gasteiger partial charge in [0.05, 0.1) is 32.4 Å². The molecule has 1 amide bonds. The summed E-state index contributed by atoms with van der Waals surface area (Å²) in [6.07, 6.45) is 2.26. The van der Waals surface area contributed by atoms with E-state index in [0.717, 1.165) is 42.8 Å². The summed E-state index contributed by atoms with van der Waals surface area (Å²) in [4.78, 5) is 27.8. The van der Waals surface area contributed by atoms with Crippen molar-refractivity contribution in [2.24, 2.45) is 0 Å². The van der Waals surface area contributed by atoms with E-state index in [0.29, 0.717) is 23.8 Å². The first-order valence-corrected chi connectivity index (χ1v) is 9.80. The minimum Gasteiger partial charge on any atom is -0.465 e. The summed E-state index contributed by atoms with van der Waals surface area (Å²) >= 11 is 1.42. The van der Waals surface area contributed by atoms with Crippen molar-refractivity contribution in [2.45, 2.75) is 38.9 Å². The molecule has 8 heteroatoms. The van der Waals surface area contributed by atoms with E-state index in [1.54, 1.807) is 0 Å². The third-order valence-corrected chi connectivity index (χ3v) is 6.07. The summed E-state index contributed by atoms with van der Waals surface area (Å²) in [6, 6.07) is 0. The van der Waals surface area contributed by atoms with Gasteiger partial charge in [0.25, 0.3) is 0 Å². The Morgan fingerprint density at radius 1 is 1.27 bits per heavy atom. The Hall–Kier alpha value is -1.48. The van der Waals surface area contributed by atoms with E-state index < -0.39 is 11.8 Å². The zero-order valence-corrected chi connectivity index (χ0v) is 16.4. The smallest absolute Gasteiger partial charge is 0.341 e. The minimum absolute atomic E-state index is 0.122. The molecule has 7 nitrogen and oxygen atoms in total. The highest BCUT2D eigenvalue weighted by atomic mass is 32.1. The van der Waals surface area contributed by atoms with Crippen molar-refractivity contribution in [2.75, 3.05) is 45.3 Å². The summed E-state index contributed by atoms with van der Waals surface area (Å²) in [6.45, 7) is 7.03. The van der Waals surface area contributed by atoms with E-state index in [4.69, 9.17) is 14.2 Å². The molecule has 0 aromatic carbocycles. The van der Waals surface area contributed by atoms with Gasteiger partial charge in [-0.25, -0.2) is 4.79 Å². The first kappa shape index (κ1) is 19.3. The zero-order chi connectivity index (χ0) is 18.7. The fraction of sp³-hybridized carbons (Fsp3) is 0.667. The van der Waals surface area contributed by atoms with Gasteiger partial charge < -0.3 is 19.5 Å². The molecular formula is C18H26N2O5S. The number of hydrogen-bond acceptors (Lipinski definition) is 7. The third-order valence-electron chi connectivity index (χ3n) is 5.00. The van der Waals surface area contributed by atoms with Crippen LogP contribution in [0.4, 0.5) is 5.00 Å². The molecule has 2 aliphatic heterocycles. The Morgan fingerprint density at radius 2 is 1.92 bits per heavy atom. The van der Waals surface area contributed by atoms with E-state index in [1.807, 2.05) is 13.8 Å². The van der Waals surface area contributed by atoms with Crippen molar-refractivity contribution in [1.82, 2.24) is 4.90 Å². The number of ether oxygens (including phenoxy) is 3. The molecule has 3 heterocycles. The maximum absolute atomic E-state index is 12.5. The van der Waals surface area contributed by atoms with E-state index in [9.17, 15) is 9.59 Å². The first-order valence-electron chi connectivity index (χ1n) is 8.98. The van der Waals surface area contributed by atoms with Crippen LogP contribution in [0, 0.1) is 6.92 Å². The molecule has 2 fully saturated rings. The summed E-state index contributed by atoms with van der Waals surface area (Å²) in [5, 5.41) is 3.48. The molecular weight excluding hydrogens is 356 g/mol. The van der Waals surface area contributed by atoms with Gasteiger partial charge in [0.2, 0.25) is 5.91 Å². The number of hydrogen-bond donors (Lipinski definition) is 1. The van der Waals surface area contributed by atoms with Gasteiger partial charge in [0.15, 0.2) is 5.79 Å². The van der Waals surface area contributed by atoms with Gasteiger partial charge in [-0.3, -0.25) is 9.69 Å². The largest absolute Gasteiger partial charge is 0.465 e. The molecule has 144 valence electrons. The number of nitrogens with one attached hydrogen (secondary N) is 1. The van der Waals surface area contributed by atoms with Crippen LogP contribution in [0.3, 0.4) is 0 Å². The molecule has 0 radical (unpaired) electrons. The number of anilines is 1. The predicted octanol–water partition coefficient (Wildman–Crippen LogP) is 2.18. The Labute approximate surface area is 157 Å². The summed E-state index contributed by atoms with van der Waals surface area (Å²) in [5.74, 6) is -0.966. The van der Waals surface area contributed by atoms with Crippen molar-refractivity contribution in [3.05, 3.63) is 16.0 Å². The third kappa shape index (κ3) is 3.93. The lowest BCUT2D eigenvalue weighted by molar-refractivity contribution is -0.185. The quantitative estimate of drug-likeness (QED) is 0.787. The molecule has 3 rings (SSSR count). The predicted molar refractivity (Wildman–Crippen MR) is 98.7 cm³/mol. The molecule has 0 aliphatic carbocycles. The minimum atomic E-state index is -0.439. The Bertz CT molecular complexity index is 671. The van der Waals surface area contributed by atoms with Gasteiger partial charge in [-0.15, -0.1) is 11.3 Å². The second-order valence-electron chi connectivity index (χ2n) is 6.62. The maximum atomic E-state index is 12.5. The monoisotopic (exact) mass is 382 g/mol. The van der Waals surface area contributed by atoms with Crippen LogP contribution in [-0.4, -0.2) is 62.5 Å². The van der Waals surface area contributed by atoms with E-state index in [-0.39, 0.29) is 12.5 Å². The van der Waals surface area contributed by atoms with Gasteiger partial charge in [-0.1, -0.05) is 6.92 Å². The van der Waals surface area contributed by atoms with Crippen LogP contribution in [-0.2, 0) is 25.4 Å². The lowest BCUT2D eigenvalue weighted by atomic mass is 10.0. The molecule has 0 saturated carbocycles. The van der Waals surface area contributed by atoms with Crippen LogP contribution < -0.4 is 5.32 Å². The van der Waals surface area contributed by atoms with Gasteiger partial charge >= 0.3 is 5.97 Å². The number of esters is 1. The highest BCUT2D eigenvalue weighted by Gasteiger charge is 2.40. The number of carbonyl (C=O) groups excluding carboxylic acids is 2. The van der Waals surface area contributed by atoms with Crippen molar-refractivity contribution >= 4 is 28.2 Å². The fourth-order valence-corrected chi connectivity index (χ4v) is 4.77. The number of likely N-dealkylation sites (tertiary alicyclic amines) is 1. The van der Waals surface area contributed by atoms with Crippen LogP contribution in [0.5, 0.6) is 0 Å². The number of carbonyl (C=O) groups is 2. The Morgan fingerprint density at radius 3 is 2.50 bits per heavy atom. The molecule has 2 aliphatic rings. The number of amides is 1. The molecule has 2 saturated heterocycles. The zero-order valence-electron chi connectivity index (χ0n) is 15.6.